The van der Waals surface area contributed by atoms with Gasteiger partial charge in [-0.1, -0.05) is 99.8 Å². The number of nitrogens with zero attached hydrogens (tertiary/aromatic N) is 6. The third-order valence-corrected chi connectivity index (χ3v) is 13.8. The number of hydrogen-bond acceptors (Lipinski definition) is 12. The van der Waals surface area contributed by atoms with Gasteiger partial charge in [0.25, 0.3) is 0 Å². The maximum absolute atomic E-state index is 13.1. The highest BCUT2D eigenvalue weighted by atomic mass is 79.9. The lowest BCUT2D eigenvalue weighted by Gasteiger charge is -2.31. The summed E-state index contributed by atoms with van der Waals surface area (Å²) in [4.78, 5) is 76.3. The Morgan fingerprint density at radius 1 is 0.696 bits per heavy atom. The molecule has 2 aliphatic heterocycles. The second-order valence-electron chi connectivity index (χ2n) is 18.9. The molecule has 0 spiro atoms. The first kappa shape index (κ1) is 57.7. The van der Waals surface area contributed by atoms with Crippen LogP contribution in [-0.2, 0) is 19.2 Å². The van der Waals surface area contributed by atoms with Gasteiger partial charge >= 0.3 is 0 Å². The van der Waals surface area contributed by atoms with Gasteiger partial charge in [-0.2, -0.15) is 0 Å². The van der Waals surface area contributed by atoms with Crippen molar-refractivity contribution in [1.29, 1.82) is 0 Å². The number of benzene rings is 4. The summed E-state index contributed by atoms with van der Waals surface area (Å²) in [6.07, 6.45) is 16.8. The van der Waals surface area contributed by atoms with Gasteiger partial charge in [-0.3, -0.25) is 19.2 Å². The molecule has 2 aliphatic rings. The molecule has 79 heavy (non-hydrogen) atoms. The van der Waals surface area contributed by atoms with Crippen LogP contribution in [0.5, 0.6) is 0 Å². The number of nitrogens with one attached hydrogen (secondary N) is 7. The molecule has 2 saturated heterocycles. The topological polar surface area (TPSA) is 218 Å². The van der Waals surface area contributed by atoms with Crippen molar-refractivity contribution < 1.29 is 19.2 Å². The van der Waals surface area contributed by atoms with Crippen molar-refractivity contribution in [2.75, 3.05) is 73.4 Å². The number of halogens is 4. The molecule has 0 aliphatic carbocycles. The fraction of sp³-hybridized carbons (Fsp3) is 0.241. The third kappa shape index (κ3) is 16.3. The van der Waals surface area contributed by atoms with Gasteiger partial charge in [-0.05, 0) is 113 Å². The van der Waals surface area contributed by atoms with E-state index in [-0.39, 0.29) is 29.6 Å². The Kier molecular flexibility index (Phi) is 20.8. The Morgan fingerprint density at radius 2 is 1.23 bits per heavy atom. The van der Waals surface area contributed by atoms with Crippen molar-refractivity contribution in [1.82, 2.24) is 45.0 Å². The number of carbonyl (C=O) groups excluding carboxylic acids is 4. The number of piperidine rings is 2. The second kappa shape index (κ2) is 28.4. The first-order valence-electron chi connectivity index (χ1n) is 25.6. The number of likely N-dealkylation sites (N-methyl/N-ethyl adjacent to an activating group) is 1. The van der Waals surface area contributed by atoms with E-state index in [1.807, 2.05) is 135 Å². The summed E-state index contributed by atoms with van der Waals surface area (Å²) in [6, 6.07) is 30.9. The molecule has 2 atom stereocenters. The van der Waals surface area contributed by atoms with Crippen molar-refractivity contribution in [3.63, 3.8) is 0 Å². The standard InChI is InChI=1S/C30H32ClN7O2.C24H23ClN6O.C4H4BrClO/c1-37(2)14-7-13-27(39)38-15-6-8-20(19-38)29(40)34-21-9-5-10-22(16-21)35-30-33-18-25(31)28(36-30)24-17-32-26-12-4-3-11-23(24)26;25-20-14-28-24(31-22(20)19-13-27-21-9-2-1-8-18(19)21)30-17-7-3-6-16(11-17)29-23(32)15-5-4-10-26-12-15;5-3-1-2-4(6)7/h3-5,7,9-13,16-18,20,32H,6,8,14-15,19H2,1-2H3,(H,34,40)(H,33,35,36);1-3,6-9,11,13-15,26-27H,4-5,10,12H2,(H,29,32)(H,28,30,31);1-2H,3H2/b13-7+;;2-1+/t20-;15-;/m00./s1. The van der Waals surface area contributed by atoms with Gasteiger partial charge in [0.1, 0.15) is 0 Å². The van der Waals surface area contributed by atoms with Crippen LogP contribution < -0.4 is 26.6 Å². The lowest BCUT2D eigenvalue weighted by molar-refractivity contribution is -0.130. The molecule has 3 amide bonds. The van der Waals surface area contributed by atoms with Crippen LogP contribution in [0.2, 0.25) is 10.0 Å². The molecule has 6 heterocycles. The number of H-pyrrole nitrogens is 2. The molecule has 4 aromatic heterocycles. The zero-order valence-corrected chi connectivity index (χ0v) is 47.3. The van der Waals surface area contributed by atoms with E-state index in [0.29, 0.717) is 64.0 Å². The maximum Gasteiger partial charge on any atom is 0.246 e. The van der Waals surface area contributed by atoms with E-state index in [1.54, 1.807) is 29.4 Å². The Labute approximate surface area is 481 Å². The number of amides is 3. The van der Waals surface area contributed by atoms with Crippen LogP contribution in [0.3, 0.4) is 0 Å². The predicted octanol–water partition coefficient (Wildman–Crippen LogP) is 12.0. The number of likely N-dealkylation sites (tertiary alicyclic amines) is 1. The normalized spacial score (nSPS) is 15.3. The number of anilines is 6. The van der Waals surface area contributed by atoms with E-state index in [0.717, 1.165) is 88.8 Å². The van der Waals surface area contributed by atoms with Crippen LogP contribution in [0.15, 0.2) is 146 Å². The van der Waals surface area contributed by atoms with Crippen LogP contribution >= 0.6 is 50.7 Å². The van der Waals surface area contributed by atoms with E-state index in [4.69, 9.17) is 34.8 Å². The van der Waals surface area contributed by atoms with Crippen molar-refractivity contribution >= 4 is 130 Å². The number of fused-ring (bicyclic) bond motifs is 2. The van der Waals surface area contributed by atoms with Crippen molar-refractivity contribution in [2.45, 2.75) is 25.7 Å². The van der Waals surface area contributed by atoms with Gasteiger partial charge in [0, 0.05) is 106 Å². The van der Waals surface area contributed by atoms with E-state index >= 15 is 0 Å². The molecule has 0 radical (unpaired) electrons. The summed E-state index contributed by atoms with van der Waals surface area (Å²) in [5, 5.41) is 19.0. The molecular formula is C58H59BrCl3N13O4. The number of aromatic amines is 2. The number of allylic oxidation sites excluding steroid dienone is 2. The minimum absolute atomic E-state index is 0.00121. The van der Waals surface area contributed by atoms with Crippen molar-refractivity contribution in [3.05, 3.63) is 156 Å². The summed E-state index contributed by atoms with van der Waals surface area (Å²) in [5.74, 6) is 0.427. The smallest absolute Gasteiger partial charge is 0.246 e. The molecule has 7 N–H and O–H groups in total. The number of alkyl halides is 1. The van der Waals surface area contributed by atoms with Crippen molar-refractivity contribution in [2.24, 2.45) is 11.8 Å². The molecule has 408 valence electrons. The van der Waals surface area contributed by atoms with Crippen LogP contribution in [0.1, 0.15) is 25.7 Å². The average molecular weight is 1190 g/mol. The quantitative estimate of drug-likeness (QED) is 0.0290. The van der Waals surface area contributed by atoms with E-state index in [2.05, 4.69) is 72.4 Å². The van der Waals surface area contributed by atoms with Gasteiger partial charge in [-0.15, -0.1) is 0 Å². The predicted molar refractivity (Wildman–Crippen MR) is 322 cm³/mol. The molecule has 10 rings (SSSR count). The molecule has 0 saturated carbocycles. The first-order valence-corrected chi connectivity index (χ1v) is 27.8. The highest BCUT2D eigenvalue weighted by Gasteiger charge is 2.28. The molecular weight excluding hydrogens is 1130 g/mol. The number of carbonyl (C=O) groups is 4. The summed E-state index contributed by atoms with van der Waals surface area (Å²) in [7, 11) is 3.90. The molecule has 0 unspecified atom stereocenters. The largest absolute Gasteiger partial charge is 0.360 e. The third-order valence-electron chi connectivity index (χ3n) is 12.8. The SMILES string of the molecule is CN(C)C/C=C/C(=O)N1CCC[C@H](C(=O)Nc2cccc(Nc3ncc(Cl)c(-c4c[nH]c5ccccc45)n3)c2)C1.O=C(Cl)/C=C/CBr.O=C(Nc1cccc(Nc2ncc(Cl)c(-c3c[nH]c4ccccc34)n2)c1)[C@H]1CCCNC1. The number of aromatic nitrogens is 6. The molecule has 21 heteroatoms. The number of para-hydroxylation sites is 2. The van der Waals surface area contributed by atoms with Gasteiger partial charge in [0.05, 0.1) is 45.7 Å². The summed E-state index contributed by atoms with van der Waals surface area (Å²) in [6.45, 7) is 3.46. The summed E-state index contributed by atoms with van der Waals surface area (Å²) in [5.41, 5.74) is 7.96. The minimum atomic E-state index is -0.431. The van der Waals surface area contributed by atoms with Gasteiger partial charge in [-0.25, -0.2) is 19.9 Å². The molecule has 4 aromatic carbocycles. The van der Waals surface area contributed by atoms with Gasteiger partial charge in [0.15, 0.2) is 0 Å². The zero-order valence-electron chi connectivity index (χ0n) is 43.4. The van der Waals surface area contributed by atoms with Crippen LogP contribution in [-0.4, -0.2) is 115 Å². The second-order valence-corrected chi connectivity index (χ2v) is 20.7. The number of hydrogen-bond donors (Lipinski definition) is 7. The van der Waals surface area contributed by atoms with Gasteiger partial charge < -0.3 is 46.4 Å². The van der Waals surface area contributed by atoms with E-state index in [1.165, 1.54) is 6.08 Å². The summed E-state index contributed by atoms with van der Waals surface area (Å²) >= 11 is 20.9. The molecule has 2 fully saturated rings. The maximum atomic E-state index is 13.1. The fourth-order valence-corrected chi connectivity index (χ4v) is 9.60. The zero-order chi connectivity index (χ0) is 55.7. The van der Waals surface area contributed by atoms with E-state index < -0.39 is 5.24 Å². The minimum Gasteiger partial charge on any atom is -0.360 e. The Morgan fingerprint density at radius 3 is 1.73 bits per heavy atom. The first-order chi connectivity index (χ1) is 38.3. The van der Waals surface area contributed by atoms with Gasteiger partial charge in [0.2, 0.25) is 34.9 Å². The van der Waals surface area contributed by atoms with E-state index in [9.17, 15) is 19.2 Å². The van der Waals surface area contributed by atoms with Crippen molar-refractivity contribution in [3.8, 4) is 22.5 Å². The molecule has 0 bridgehead atoms. The average Bonchev–Trinajstić information content (AvgIpc) is 4.17. The van der Waals surface area contributed by atoms with Crippen LogP contribution in [0.25, 0.3) is 44.3 Å². The number of rotatable bonds is 15. The monoisotopic (exact) mass is 1190 g/mol. The lowest BCUT2D eigenvalue weighted by Crippen LogP contribution is -2.43. The summed E-state index contributed by atoms with van der Waals surface area (Å²) < 4.78 is 0. The highest BCUT2D eigenvalue weighted by molar-refractivity contribution is 9.09. The van der Waals surface area contributed by atoms with Crippen LogP contribution in [0, 0.1) is 11.8 Å². The van der Waals surface area contributed by atoms with Crippen LogP contribution in [0.4, 0.5) is 34.6 Å². The Balaban J connectivity index is 0.000000189. The highest BCUT2D eigenvalue weighted by Crippen LogP contribution is 2.35. The lowest BCUT2D eigenvalue weighted by atomic mass is 9.97. The Hall–Kier alpha value is -7.45. The fourth-order valence-electron chi connectivity index (χ4n) is 8.94. The molecule has 17 nitrogen and oxygen atoms in total. The Bertz CT molecular complexity index is 3470. The molecule has 8 aromatic rings.